The molecule has 0 radical (unpaired) electrons. The van der Waals surface area contributed by atoms with Gasteiger partial charge in [-0.15, -0.1) is 0 Å². The molecule has 8 heteroatoms. The Bertz CT molecular complexity index is 1630. The number of hydrogen-bond acceptors (Lipinski definition) is 6. The Morgan fingerprint density at radius 2 is 1.92 bits per heavy atom. The Kier molecular flexibility index (Phi) is 6.42. The number of para-hydroxylation sites is 1. The molecular formula is C29H27N3O5. The summed E-state index contributed by atoms with van der Waals surface area (Å²) in [6, 6.07) is 17.3. The van der Waals surface area contributed by atoms with E-state index in [-0.39, 0.29) is 29.8 Å². The van der Waals surface area contributed by atoms with Gasteiger partial charge in [0, 0.05) is 28.0 Å². The molecule has 0 saturated carbocycles. The highest BCUT2D eigenvalue weighted by atomic mass is 16.5. The summed E-state index contributed by atoms with van der Waals surface area (Å²) in [7, 11) is 1.38. The number of aliphatic hydroxyl groups is 1. The normalized spacial score (nSPS) is 12.1. The summed E-state index contributed by atoms with van der Waals surface area (Å²) in [5.74, 6) is -0.997. The van der Waals surface area contributed by atoms with Gasteiger partial charge in [-0.25, -0.2) is 4.98 Å². The van der Waals surface area contributed by atoms with Crippen molar-refractivity contribution in [2.24, 2.45) is 0 Å². The maximum atomic E-state index is 13.5. The van der Waals surface area contributed by atoms with Crippen LogP contribution in [0.25, 0.3) is 33.1 Å². The van der Waals surface area contributed by atoms with Crippen LogP contribution >= 0.6 is 0 Å². The first-order chi connectivity index (χ1) is 17.9. The number of ether oxygens (including phenoxy) is 1. The van der Waals surface area contributed by atoms with Crippen molar-refractivity contribution in [2.75, 3.05) is 13.7 Å². The van der Waals surface area contributed by atoms with E-state index in [1.165, 1.54) is 13.2 Å². The number of carbonyl (C=O) groups is 1. The monoisotopic (exact) mass is 497 g/mol. The number of H-pyrrole nitrogens is 1. The molecule has 0 saturated heterocycles. The van der Waals surface area contributed by atoms with Gasteiger partial charge in [-0.3, -0.25) is 4.79 Å². The highest BCUT2D eigenvalue weighted by molar-refractivity contribution is 6.07. The molecule has 0 aliphatic rings. The number of nitrogens with zero attached hydrogens (tertiary/aromatic N) is 1. The minimum Gasteiger partial charge on any atom is -0.504 e. The molecule has 8 nitrogen and oxygen atoms in total. The molecule has 1 unspecified atom stereocenters. The van der Waals surface area contributed by atoms with E-state index in [2.05, 4.69) is 15.3 Å². The van der Waals surface area contributed by atoms with Crippen LogP contribution in [0.1, 0.15) is 21.5 Å². The second-order valence-electron chi connectivity index (χ2n) is 8.99. The number of aromatic amines is 1. The number of rotatable bonds is 7. The molecule has 0 spiro atoms. The lowest BCUT2D eigenvalue weighted by Crippen LogP contribution is -2.39. The second-order valence-corrected chi connectivity index (χ2v) is 8.99. The number of amides is 1. The van der Waals surface area contributed by atoms with Gasteiger partial charge in [-0.1, -0.05) is 30.3 Å². The smallest absolute Gasteiger partial charge is 0.252 e. The first kappa shape index (κ1) is 24.1. The molecule has 2 heterocycles. The predicted molar refractivity (Wildman–Crippen MR) is 142 cm³/mol. The zero-order chi connectivity index (χ0) is 26.1. The van der Waals surface area contributed by atoms with Crippen molar-refractivity contribution in [3.8, 4) is 28.5 Å². The van der Waals surface area contributed by atoms with E-state index >= 15 is 0 Å². The molecule has 37 heavy (non-hydrogen) atoms. The van der Waals surface area contributed by atoms with Crippen molar-refractivity contribution >= 4 is 27.7 Å². The first-order valence-electron chi connectivity index (χ1n) is 11.9. The summed E-state index contributed by atoms with van der Waals surface area (Å²) in [6.45, 7) is 1.80. The number of pyridine rings is 1. The van der Waals surface area contributed by atoms with Gasteiger partial charge in [-0.2, -0.15) is 0 Å². The maximum Gasteiger partial charge on any atom is 0.252 e. The number of fused-ring (bicyclic) bond motifs is 2. The lowest BCUT2D eigenvalue weighted by molar-refractivity contribution is 0.0918. The van der Waals surface area contributed by atoms with Crippen LogP contribution in [0.4, 0.5) is 0 Å². The molecule has 188 valence electrons. The number of aliphatic hydroxyl groups excluding tert-OH is 1. The number of benzene rings is 3. The van der Waals surface area contributed by atoms with Crippen LogP contribution in [-0.4, -0.2) is 51.0 Å². The number of hydrogen-bond donors (Lipinski definition) is 5. The number of phenols is 2. The molecule has 5 rings (SSSR count). The standard InChI is InChI=1S/C29H27N3O5/c1-16-6-5-9-23-27(16)18(14-30-23)10-19(15-33)31-29(36)21-13-24(32-22-8-4-3-7-20(21)22)17-11-25(34)28(35)26(12-17)37-2/h3-9,11-14,19,30,33-35H,10,15H2,1-2H3,(H,31,36). The molecule has 0 fully saturated rings. The number of aromatic nitrogens is 2. The summed E-state index contributed by atoms with van der Waals surface area (Å²) in [4.78, 5) is 21.5. The summed E-state index contributed by atoms with van der Waals surface area (Å²) in [5, 5.41) is 35.0. The summed E-state index contributed by atoms with van der Waals surface area (Å²) < 4.78 is 5.16. The topological polar surface area (TPSA) is 128 Å². The van der Waals surface area contributed by atoms with Gasteiger partial charge in [0.25, 0.3) is 5.91 Å². The third kappa shape index (κ3) is 4.54. The second kappa shape index (κ2) is 9.83. The summed E-state index contributed by atoms with van der Waals surface area (Å²) >= 11 is 0. The highest BCUT2D eigenvalue weighted by Crippen LogP contribution is 2.39. The fourth-order valence-electron chi connectivity index (χ4n) is 4.71. The minimum atomic E-state index is -0.515. The number of phenolic OH excluding ortho intramolecular Hbond substituents is 2. The molecule has 1 atom stereocenters. The third-order valence-electron chi connectivity index (χ3n) is 6.55. The molecular weight excluding hydrogens is 470 g/mol. The third-order valence-corrected chi connectivity index (χ3v) is 6.55. The van der Waals surface area contributed by atoms with E-state index in [1.807, 2.05) is 49.5 Å². The van der Waals surface area contributed by atoms with Crippen LogP contribution in [0.15, 0.2) is 66.9 Å². The Hall–Kier alpha value is -4.56. The number of carbonyl (C=O) groups excluding carboxylic acids is 1. The Morgan fingerprint density at radius 1 is 1.11 bits per heavy atom. The van der Waals surface area contributed by atoms with Crippen LogP contribution in [0.3, 0.4) is 0 Å². The van der Waals surface area contributed by atoms with Crippen molar-refractivity contribution in [1.82, 2.24) is 15.3 Å². The number of aryl methyl sites for hydroxylation is 1. The number of aromatic hydroxyl groups is 2. The van der Waals surface area contributed by atoms with Crippen LogP contribution in [0, 0.1) is 6.92 Å². The summed E-state index contributed by atoms with van der Waals surface area (Å²) in [6.07, 6.45) is 2.36. The fourth-order valence-corrected chi connectivity index (χ4v) is 4.71. The van der Waals surface area contributed by atoms with Crippen molar-refractivity contribution in [2.45, 2.75) is 19.4 Å². The van der Waals surface area contributed by atoms with Gasteiger partial charge < -0.3 is 30.4 Å². The molecule has 0 aliphatic heterocycles. The predicted octanol–water partition coefficient (Wildman–Crippen LogP) is 4.44. The zero-order valence-electron chi connectivity index (χ0n) is 20.4. The molecule has 0 aliphatic carbocycles. The largest absolute Gasteiger partial charge is 0.504 e. The average molecular weight is 498 g/mol. The molecule has 2 aromatic heterocycles. The SMILES string of the molecule is COc1cc(-c2cc(C(=O)NC(CO)Cc3c[nH]c4cccc(C)c34)c3ccccc3n2)cc(O)c1O. The van der Waals surface area contributed by atoms with Gasteiger partial charge in [-0.05, 0) is 54.8 Å². The van der Waals surface area contributed by atoms with Crippen LogP contribution < -0.4 is 10.1 Å². The first-order valence-corrected chi connectivity index (χ1v) is 11.9. The van der Waals surface area contributed by atoms with Gasteiger partial charge >= 0.3 is 0 Å². The van der Waals surface area contributed by atoms with Crippen LogP contribution in [-0.2, 0) is 6.42 Å². The number of nitrogens with one attached hydrogen (secondary N) is 2. The highest BCUT2D eigenvalue weighted by Gasteiger charge is 2.20. The molecule has 1 amide bonds. The van der Waals surface area contributed by atoms with Gasteiger partial charge in [0.2, 0.25) is 5.75 Å². The van der Waals surface area contributed by atoms with E-state index in [4.69, 9.17) is 4.74 Å². The Labute approximate surface area is 213 Å². The average Bonchev–Trinajstić information content (AvgIpc) is 3.32. The van der Waals surface area contributed by atoms with Crippen molar-refractivity contribution < 1.29 is 24.9 Å². The Morgan fingerprint density at radius 3 is 2.70 bits per heavy atom. The molecule has 5 N–H and O–H groups in total. The van der Waals surface area contributed by atoms with Crippen molar-refractivity contribution in [3.63, 3.8) is 0 Å². The quantitative estimate of drug-likeness (QED) is 0.212. The van der Waals surface area contributed by atoms with Crippen LogP contribution in [0.2, 0.25) is 0 Å². The molecule has 3 aromatic carbocycles. The fraction of sp³-hybridized carbons (Fsp3) is 0.172. The lowest BCUT2D eigenvalue weighted by Gasteiger charge is -2.18. The van der Waals surface area contributed by atoms with E-state index in [0.717, 1.165) is 22.0 Å². The van der Waals surface area contributed by atoms with Gasteiger partial charge in [0.1, 0.15) is 0 Å². The maximum absolute atomic E-state index is 13.5. The van der Waals surface area contributed by atoms with E-state index < -0.39 is 6.04 Å². The van der Waals surface area contributed by atoms with Crippen molar-refractivity contribution in [1.29, 1.82) is 0 Å². The lowest BCUT2D eigenvalue weighted by atomic mass is 10.0. The summed E-state index contributed by atoms with van der Waals surface area (Å²) in [5.41, 5.74) is 5.00. The minimum absolute atomic E-state index is 0.0883. The molecule has 5 aromatic rings. The molecule has 0 bridgehead atoms. The van der Waals surface area contributed by atoms with Gasteiger partial charge in [0.15, 0.2) is 11.5 Å². The number of methoxy groups -OCH3 is 1. The van der Waals surface area contributed by atoms with Crippen LogP contribution in [0.5, 0.6) is 17.2 Å². The van der Waals surface area contributed by atoms with E-state index in [1.54, 1.807) is 18.2 Å². The van der Waals surface area contributed by atoms with Crippen molar-refractivity contribution in [3.05, 3.63) is 83.6 Å². The van der Waals surface area contributed by atoms with E-state index in [9.17, 15) is 20.1 Å². The van der Waals surface area contributed by atoms with Gasteiger partial charge in [0.05, 0.1) is 36.5 Å². The zero-order valence-corrected chi connectivity index (χ0v) is 20.4. The Balaban J connectivity index is 1.51. The van der Waals surface area contributed by atoms with E-state index in [0.29, 0.717) is 34.1 Å².